The number of nitrogens with two attached hydrogens (primary N) is 1. The third-order valence-electron chi connectivity index (χ3n) is 3.03. The summed E-state index contributed by atoms with van der Waals surface area (Å²) in [5.74, 6) is -0.381. The minimum absolute atomic E-state index is 0.320. The third kappa shape index (κ3) is 2.60. The van der Waals surface area contributed by atoms with Gasteiger partial charge in [-0.2, -0.15) is 5.10 Å². The fourth-order valence-electron chi connectivity index (χ4n) is 2.04. The predicted octanol–water partition coefficient (Wildman–Crippen LogP) is 4.57. The molecule has 0 saturated carbocycles. The maximum Gasteiger partial charge on any atom is 0.148 e. The van der Waals surface area contributed by atoms with E-state index in [1.54, 1.807) is 42.6 Å². The van der Waals surface area contributed by atoms with Crippen LogP contribution < -0.4 is 5.73 Å². The zero-order valence-corrected chi connectivity index (χ0v) is 12.2. The summed E-state index contributed by atoms with van der Waals surface area (Å²) in [5, 5.41) is 5.29. The van der Waals surface area contributed by atoms with Gasteiger partial charge in [-0.3, -0.25) is 0 Å². The van der Waals surface area contributed by atoms with Gasteiger partial charge in [0.1, 0.15) is 17.2 Å². The number of anilines is 1. The fraction of sp³-hybridized carbons (Fsp3) is 0. The Morgan fingerprint density at radius 1 is 1.10 bits per heavy atom. The maximum absolute atomic E-state index is 13.8. The van der Waals surface area contributed by atoms with Crippen molar-refractivity contribution in [1.82, 2.24) is 9.78 Å². The van der Waals surface area contributed by atoms with Gasteiger partial charge in [0.05, 0.1) is 16.9 Å². The number of hydrogen-bond acceptors (Lipinski definition) is 2. The molecule has 0 aliphatic heterocycles. The maximum atomic E-state index is 13.8. The molecule has 6 heteroatoms. The number of aromatic nitrogens is 2. The molecule has 3 nitrogen and oxygen atoms in total. The molecule has 106 valence electrons. The zero-order chi connectivity index (χ0) is 15.0. The van der Waals surface area contributed by atoms with E-state index in [4.69, 9.17) is 28.9 Å². The van der Waals surface area contributed by atoms with E-state index < -0.39 is 0 Å². The summed E-state index contributed by atoms with van der Waals surface area (Å²) >= 11 is 12.0. The molecular weight excluding hydrogens is 312 g/mol. The standard InChI is InChI=1S/C15H10Cl2FN3/c16-9-5-6-10(11(17)7-9)15-13(19)8-21(20-15)14-4-2-1-3-12(14)18/h1-8H,19H2. The lowest BCUT2D eigenvalue weighted by molar-refractivity contribution is 0.611. The van der Waals surface area contributed by atoms with Crippen molar-refractivity contribution in [3.05, 3.63) is 64.5 Å². The highest BCUT2D eigenvalue weighted by molar-refractivity contribution is 6.36. The van der Waals surface area contributed by atoms with Gasteiger partial charge in [-0.15, -0.1) is 0 Å². The lowest BCUT2D eigenvalue weighted by Gasteiger charge is -2.03. The topological polar surface area (TPSA) is 43.8 Å². The molecule has 0 aliphatic carbocycles. The van der Waals surface area contributed by atoms with E-state index in [1.165, 1.54) is 10.7 Å². The highest BCUT2D eigenvalue weighted by Gasteiger charge is 2.14. The Labute approximate surface area is 130 Å². The first kappa shape index (κ1) is 13.9. The van der Waals surface area contributed by atoms with E-state index in [0.29, 0.717) is 32.7 Å². The van der Waals surface area contributed by atoms with Crippen molar-refractivity contribution < 1.29 is 4.39 Å². The summed E-state index contributed by atoms with van der Waals surface area (Å²) in [6, 6.07) is 11.4. The molecule has 0 aliphatic rings. The SMILES string of the molecule is Nc1cn(-c2ccccc2F)nc1-c1ccc(Cl)cc1Cl. The summed E-state index contributed by atoms with van der Waals surface area (Å²) in [6.45, 7) is 0. The normalized spacial score (nSPS) is 10.8. The number of benzene rings is 2. The highest BCUT2D eigenvalue weighted by atomic mass is 35.5. The molecule has 2 N–H and O–H groups in total. The molecule has 0 radical (unpaired) electrons. The molecular formula is C15H10Cl2FN3. The quantitative estimate of drug-likeness (QED) is 0.751. The third-order valence-corrected chi connectivity index (χ3v) is 3.58. The van der Waals surface area contributed by atoms with Gasteiger partial charge in [0.2, 0.25) is 0 Å². The minimum atomic E-state index is -0.381. The Morgan fingerprint density at radius 2 is 1.86 bits per heavy atom. The summed E-state index contributed by atoms with van der Waals surface area (Å²) in [4.78, 5) is 0. The van der Waals surface area contributed by atoms with Crippen molar-refractivity contribution in [2.24, 2.45) is 0 Å². The van der Waals surface area contributed by atoms with E-state index in [-0.39, 0.29) is 5.82 Å². The lowest BCUT2D eigenvalue weighted by atomic mass is 10.1. The molecule has 3 rings (SSSR count). The van der Waals surface area contributed by atoms with Crippen LogP contribution in [0.3, 0.4) is 0 Å². The molecule has 2 aromatic carbocycles. The van der Waals surface area contributed by atoms with Crippen molar-refractivity contribution in [2.75, 3.05) is 5.73 Å². The molecule has 3 aromatic rings. The minimum Gasteiger partial charge on any atom is -0.396 e. The number of rotatable bonds is 2. The second-order valence-electron chi connectivity index (χ2n) is 4.45. The van der Waals surface area contributed by atoms with E-state index in [2.05, 4.69) is 5.10 Å². The summed E-state index contributed by atoms with van der Waals surface area (Å²) in [7, 11) is 0. The van der Waals surface area contributed by atoms with E-state index >= 15 is 0 Å². The Kier molecular flexibility index (Phi) is 3.57. The van der Waals surface area contributed by atoms with Crippen molar-refractivity contribution in [1.29, 1.82) is 0 Å². The fourth-order valence-corrected chi connectivity index (χ4v) is 2.54. The van der Waals surface area contributed by atoms with Crippen LogP contribution in [0.4, 0.5) is 10.1 Å². The van der Waals surface area contributed by atoms with Crippen LogP contribution in [-0.4, -0.2) is 9.78 Å². The summed E-state index contributed by atoms with van der Waals surface area (Å²) < 4.78 is 15.2. The molecule has 1 heterocycles. The molecule has 0 fully saturated rings. The van der Waals surface area contributed by atoms with Gasteiger partial charge < -0.3 is 5.73 Å². The van der Waals surface area contributed by atoms with Gasteiger partial charge >= 0.3 is 0 Å². The first-order valence-corrected chi connectivity index (χ1v) is 6.87. The van der Waals surface area contributed by atoms with Gasteiger partial charge in [-0.25, -0.2) is 9.07 Å². The first-order chi connectivity index (χ1) is 10.1. The number of hydrogen-bond donors (Lipinski definition) is 1. The van der Waals surface area contributed by atoms with Crippen LogP contribution in [0.1, 0.15) is 0 Å². The van der Waals surface area contributed by atoms with Crippen LogP contribution in [0.2, 0.25) is 10.0 Å². The number of para-hydroxylation sites is 1. The lowest BCUT2D eigenvalue weighted by Crippen LogP contribution is -1.98. The highest BCUT2D eigenvalue weighted by Crippen LogP contribution is 2.33. The number of nitrogens with zero attached hydrogens (tertiary/aromatic N) is 2. The van der Waals surface area contributed by atoms with E-state index in [1.807, 2.05) is 0 Å². The second kappa shape index (κ2) is 5.39. The second-order valence-corrected chi connectivity index (χ2v) is 5.30. The van der Waals surface area contributed by atoms with Crippen molar-refractivity contribution in [2.45, 2.75) is 0 Å². The Hall–Kier alpha value is -2.04. The Morgan fingerprint density at radius 3 is 2.57 bits per heavy atom. The van der Waals surface area contributed by atoms with Gasteiger partial charge in [0, 0.05) is 10.6 Å². The molecule has 0 saturated heterocycles. The zero-order valence-electron chi connectivity index (χ0n) is 10.7. The molecule has 0 spiro atoms. The van der Waals surface area contributed by atoms with Crippen LogP contribution >= 0.6 is 23.2 Å². The Balaban J connectivity index is 2.12. The van der Waals surface area contributed by atoms with Crippen molar-refractivity contribution in [3.8, 4) is 16.9 Å². The summed E-state index contributed by atoms with van der Waals surface area (Å²) in [5.41, 5.74) is 7.83. The van der Waals surface area contributed by atoms with Gasteiger partial charge in [-0.1, -0.05) is 35.3 Å². The van der Waals surface area contributed by atoms with E-state index in [0.717, 1.165) is 0 Å². The van der Waals surface area contributed by atoms with Crippen LogP contribution in [-0.2, 0) is 0 Å². The number of nitrogen functional groups attached to an aromatic ring is 1. The molecule has 0 amide bonds. The molecule has 1 aromatic heterocycles. The first-order valence-electron chi connectivity index (χ1n) is 6.12. The predicted molar refractivity (Wildman–Crippen MR) is 83.4 cm³/mol. The largest absolute Gasteiger partial charge is 0.396 e. The van der Waals surface area contributed by atoms with Gasteiger partial charge in [-0.05, 0) is 30.3 Å². The van der Waals surface area contributed by atoms with Crippen molar-refractivity contribution >= 4 is 28.9 Å². The number of halogens is 3. The molecule has 0 bridgehead atoms. The Bertz CT molecular complexity index is 814. The average molecular weight is 322 g/mol. The average Bonchev–Trinajstić information content (AvgIpc) is 2.81. The van der Waals surface area contributed by atoms with Crippen molar-refractivity contribution in [3.63, 3.8) is 0 Å². The van der Waals surface area contributed by atoms with Crippen LogP contribution in [0.15, 0.2) is 48.7 Å². The monoisotopic (exact) mass is 321 g/mol. The van der Waals surface area contributed by atoms with Gasteiger partial charge in [0.15, 0.2) is 0 Å². The molecule has 0 unspecified atom stereocenters. The summed E-state index contributed by atoms with van der Waals surface area (Å²) in [6.07, 6.45) is 1.55. The smallest absolute Gasteiger partial charge is 0.148 e. The van der Waals surface area contributed by atoms with Crippen LogP contribution in [0.25, 0.3) is 16.9 Å². The van der Waals surface area contributed by atoms with Crippen LogP contribution in [0, 0.1) is 5.82 Å². The molecule has 0 atom stereocenters. The van der Waals surface area contributed by atoms with E-state index in [9.17, 15) is 4.39 Å². The van der Waals surface area contributed by atoms with Crippen LogP contribution in [0.5, 0.6) is 0 Å². The van der Waals surface area contributed by atoms with Gasteiger partial charge in [0.25, 0.3) is 0 Å². The molecule has 21 heavy (non-hydrogen) atoms.